The highest BCUT2D eigenvalue weighted by Crippen LogP contribution is 2.57. The number of likely N-dealkylation sites (N-methyl/N-ethyl adjacent to an activating group) is 1. The lowest BCUT2D eigenvalue weighted by Gasteiger charge is -2.53. The van der Waals surface area contributed by atoms with Crippen LogP contribution in [0.4, 0.5) is 0 Å². The lowest BCUT2D eigenvalue weighted by atomic mass is 9.60. The molecule has 3 heterocycles. The minimum Gasteiger partial charge on any atom is -0.454 e. The Bertz CT molecular complexity index is 974. The van der Waals surface area contributed by atoms with E-state index in [9.17, 15) is 5.11 Å². The third-order valence-corrected chi connectivity index (χ3v) is 6.67. The van der Waals surface area contributed by atoms with Gasteiger partial charge in [-0.25, -0.2) is 0 Å². The standard InChI is InChI=1S/C21H21NO5/c1-21-14-3-4-15-19(27-10-24-15)13(14)8-22(2)20(21)12-7-17-16(25-9-26-17)5-11(12)6-18(21)23/h3-5,7,18,20,23H,6,8-10H2,1-2H3/t18-,20+,21-/m1/s1. The highest BCUT2D eigenvalue weighted by molar-refractivity contribution is 5.59. The fourth-order valence-electron chi connectivity index (χ4n) is 5.41. The molecule has 6 heteroatoms. The maximum absolute atomic E-state index is 11.3. The van der Waals surface area contributed by atoms with Gasteiger partial charge in [0.25, 0.3) is 0 Å². The predicted octanol–water partition coefficient (Wildman–Crippen LogP) is 2.51. The van der Waals surface area contributed by atoms with E-state index in [1.807, 2.05) is 12.1 Å². The van der Waals surface area contributed by atoms with Crippen LogP contribution in [-0.2, 0) is 18.4 Å². The molecule has 0 bridgehead atoms. The maximum Gasteiger partial charge on any atom is 0.231 e. The van der Waals surface area contributed by atoms with Gasteiger partial charge < -0.3 is 24.1 Å². The molecule has 2 aromatic rings. The fourth-order valence-corrected chi connectivity index (χ4v) is 5.41. The number of hydrogen-bond donors (Lipinski definition) is 1. The second-order valence-electron chi connectivity index (χ2n) is 8.05. The molecule has 0 aromatic heterocycles. The van der Waals surface area contributed by atoms with Gasteiger partial charge in [-0.1, -0.05) is 13.0 Å². The Morgan fingerprint density at radius 2 is 1.78 bits per heavy atom. The van der Waals surface area contributed by atoms with Crippen LogP contribution in [0.3, 0.4) is 0 Å². The van der Waals surface area contributed by atoms with Crippen molar-refractivity contribution in [3.63, 3.8) is 0 Å². The summed E-state index contributed by atoms with van der Waals surface area (Å²) in [5.74, 6) is 3.17. The van der Waals surface area contributed by atoms with E-state index >= 15 is 0 Å². The number of hydrogen-bond acceptors (Lipinski definition) is 6. The minimum atomic E-state index is -0.516. The molecule has 1 aliphatic carbocycles. The lowest BCUT2D eigenvalue weighted by molar-refractivity contribution is -0.000315. The third-order valence-electron chi connectivity index (χ3n) is 6.67. The molecule has 0 radical (unpaired) electrons. The van der Waals surface area contributed by atoms with E-state index in [1.54, 1.807) is 0 Å². The molecule has 3 aliphatic heterocycles. The summed E-state index contributed by atoms with van der Waals surface area (Å²) in [6.07, 6.45) is 0.0676. The van der Waals surface area contributed by atoms with E-state index in [1.165, 1.54) is 5.56 Å². The van der Waals surface area contributed by atoms with Crippen LogP contribution >= 0.6 is 0 Å². The monoisotopic (exact) mass is 367 g/mol. The van der Waals surface area contributed by atoms with Crippen molar-refractivity contribution in [1.29, 1.82) is 0 Å². The van der Waals surface area contributed by atoms with Crippen LogP contribution in [-0.4, -0.2) is 36.7 Å². The zero-order valence-corrected chi connectivity index (χ0v) is 15.3. The van der Waals surface area contributed by atoms with Crippen molar-refractivity contribution < 1.29 is 24.1 Å². The molecule has 140 valence electrons. The largest absolute Gasteiger partial charge is 0.454 e. The minimum absolute atomic E-state index is 0.0404. The summed E-state index contributed by atoms with van der Waals surface area (Å²) < 4.78 is 22.5. The zero-order chi connectivity index (χ0) is 18.3. The first-order valence-corrected chi connectivity index (χ1v) is 9.30. The van der Waals surface area contributed by atoms with Gasteiger partial charge >= 0.3 is 0 Å². The van der Waals surface area contributed by atoms with E-state index in [0.29, 0.717) is 6.42 Å². The summed E-state index contributed by atoms with van der Waals surface area (Å²) >= 11 is 0. The van der Waals surface area contributed by atoms with Crippen LogP contribution in [0.25, 0.3) is 0 Å². The maximum atomic E-state index is 11.3. The Hall–Kier alpha value is -2.44. The van der Waals surface area contributed by atoms with Crippen molar-refractivity contribution in [3.05, 3.63) is 46.5 Å². The van der Waals surface area contributed by atoms with Gasteiger partial charge in [0.2, 0.25) is 13.6 Å². The van der Waals surface area contributed by atoms with Crippen LogP contribution < -0.4 is 18.9 Å². The molecule has 6 nitrogen and oxygen atoms in total. The Morgan fingerprint density at radius 1 is 1.04 bits per heavy atom. The number of aliphatic hydroxyl groups excluding tert-OH is 1. The molecule has 0 fully saturated rings. The summed E-state index contributed by atoms with van der Waals surface area (Å²) in [4.78, 5) is 2.30. The Kier molecular flexibility index (Phi) is 2.94. The number of benzene rings is 2. The van der Waals surface area contributed by atoms with Gasteiger partial charge in [-0.2, -0.15) is 0 Å². The average molecular weight is 367 g/mol. The molecular formula is C21H21NO5. The van der Waals surface area contributed by atoms with Gasteiger partial charge in [0.15, 0.2) is 23.0 Å². The molecular weight excluding hydrogens is 346 g/mol. The smallest absolute Gasteiger partial charge is 0.231 e. The number of fused-ring (bicyclic) bond motifs is 8. The van der Waals surface area contributed by atoms with Crippen LogP contribution in [0.2, 0.25) is 0 Å². The molecule has 6 rings (SSSR count). The van der Waals surface area contributed by atoms with Crippen LogP contribution in [0.1, 0.15) is 35.2 Å². The van der Waals surface area contributed by atoms with Gasteiger partial charge in [-0.15, -0.1) is 0 Å². The highest BCUT2D eigenvalue weighted by Gasteiger charge is 2.53. The molecule has 4 aliphatic rings. The Labute approximate surface area is 157 Å². The molecule has 0 amide bonds. The van der Waals surface area contributed by atoms with Crippen molar-refractivity contribution >= 4 is 0 Å². The van der Waals surface area contributed by atoms with E-state index in [4.69, 9.17) is 18.9 Å². The molecule has 27 heavy (non-hydrogen) atoms. The molecule has 3 atom stereocenters. The van der Waals surface area contributed by atoms with Crippen molar-refractivity contribution in [2.45, 2.75) is 37.5 Å². The molecule has 0 unspecified atom stereocenters. The number of rotatable bonds is 0. The first kappa shape index (κ1) is 15.6. The molecule has 0 saturated heterocycles. The van der Waals surface area contributed by atoms with Gasteiger partial charge in [-0.3, -0.25) is 4.90 Å². The molecule has 2 aromatic carbocycles. The van der Waals surface area contributed by atoms with Crippen molar-refractivity contribution in [2.75, 3.05) is 20.6 Å². The zero-order valence-electron chi connectivity index (χ0n) is 15.3. The SMILES string of the molecule is CN1Cc2c(ccc3c2OCO3)[C@]2(C)[C@H](O)Cc3cc4c(cc3[C@H]12)OCO4. The highest BCUT2D eigenvalue weighted by atomic mass is 16.7. The van der Waals surface area contributed by atoms with Crippen LogP contribution in [0.5, 0.6) is 23.0 Å². The summed E-state index contributed by atoms with van der Waals surface area (Å²) in [5, 5.41) is 11.3. The number of nitrogens with zero attached hydrogens (tertiary/aromatic N) is 1. The third kappa shape index (κ3) is 1.87. The van der Waals surface area contributed by atoms with Gasteiger partial charge in [0, 0.05) is 23.6 Å². The Morgan fingerprint density at radius 3 is 2.63 bits per heavy atom. The van der Waals surface area contributed by atoms with Gasteiger partial charge in [-0.05, 0) is 48.4 Å². The van der Waals surface area contributed by atoms with Crippen LogP contribution in [0.15, 0.2) is 24.3 Å². The molecule has 0 spiro atoms. The van der Waals surface area contributed by atoms with E-state index in [-0.39, 0.29) is 19.6 Å². The molecule has 1 N–H and O–H groups in total. The van der Waals surface area contributed by atoms with Crippen molar-refractivity contribution in [1.82, 2.24) is 4.90 Å². The van der Waals surface area contributed by atoms with Crippen molar-refractivity contribution in [3.8, 4) is 23.0 Å². The quantitative estimate of drug-likeness (QED) is 0.772. The van der Waals surface area contributed by atoms with E-state index in [2.05, 4.69) is 31.0 Å². The van der Waals surface area contributed by atoms with E-state index < -0.39 is 11.5 Å². The number of aliphatic hydroxyl groups is 1. The average Bonchev–Trinajstić information content (AvgIpc) is 3.29. The Balaban J connectivity index is 1.58. The molecule has 0 saturated carbocycles. The van der Waals surface area contributed by atoms with Crippen molar-refractivity contribution in [2.24, 2.45) is 0 Å². The topological polar surface area (TPSA) is 60.4 Å². The summed E-state index contributed by atoms with van der Waals surface area (Å²) in [6, 6.07) is 8.24. The summed E-state index contributed by atoms with van der Waals surface area (Å²) in [6.45, 7) is 3.41. The second kappa shape index (κ2) is 5.09. The van der Waals surface area contributed by atoms with Gasteiger partial charge in [0.1, 0.15) is 0 Å². The summed E-state index contributed by atoms with van der Waals surface area (Å²) in [7, 11) is 2.10. The van der Waals surface area contributed by atoms with Gasteiger partial charge in [0.05, 0.1) is 6.10 Å². The fraction of sp³-hybridized carbons (Fsp3) is 0.429. The lowest BCUT2D eigenvalue weighted by Crippen LogP contribution is -2.55. The second-order valence-corrected chi connectivity index (χ2v) is 8.05. The first-order chi connectivity index (χ1) is 13.1. The summed E-state index contributed by atoms with van der Waals surface area (Å²) in [5.41, 5.74) is 4.15. The normalized spacial score (nSPS) is 29.9. The first-order valence-electron chi connectivity index (χ1n) is 9.30. The van der Waals surface area contributed by atoms with E-state index in [0.717, 1.165) is 46.2 Å². The number of ether oxygens (including phenoxy) is 4. The van der Waals surface area contributed by atoms with Crippen LogP contribution in [0, 0.1) is 0 Å². The predicted molar refractivity (Wildman–Crippen MR) is 96.4 cm³/mol.